The van der Waals surface area contributed by atoms with Crippen molar-refractivity contribution in [3.63, 3.8) is 0 Å². The fraction of sp³-hybridized carbons (Fsp3) is 0.444. The molecule has 2 aromatic rings. The zero-order valence-electron chi connectivity index (χ0n) is 13.9. The van der Waals surface area contributed by atoms with E-state index < -0.39 is 0 Å². The fourth-order valence-electron chi connectivity index (χ4n) is 2.89. The van der Waals surface area contributed by atoms with Crippen molar-refractivity contribution >= 4 is 0 Å². The third-order valence-corrected chi connectivity index (χ3v) is 4.00. The summed E-state index contributed by atoms with van der Waals surface area (Å²) in [6, 6.07) is 11.7. The van der Waals surface area contributed by atoms with E-state index in [1.54, 1.807) is 0 Å². The Labute approximate surface area is 142 Å². The number of nitrogens with zero attached hydrogens (tertiary/aromatic N) is 4. The van der Waals surface area contributed by atoms with Crippen LogP contribution in [0.25, 0.3) is 0 Å². The van der Waals surface area contributed by atoms with Crippen molar-refractivity contribution in [3.05, 3.63) is 41.7 Å². The molecule has 1 aliphatic rings. The normalized spacial score (nSPS) is 14.5. The van der Waals surface area contributed by atoms with E-state index in [4.69, 9.17) is 14.7 Å². The van der Waals surface area contributed by atoms with E-state index in [9.17, 15) is 0 Å². The van der Waals surface area contributed by atoms with Crippen LogP contribution in [0.1, 0.15) is 24.7 Å². The Morgan fingerprint density at radius 2 is 2.04 bits per heavy atom. The van der Waals surface area contributed by atoms with Gasteiger partial charge in [0, 0.05) is 32.2 Å². The highest BCUT2D eigenvalue weighted by Crippen LogP contribution is 2.19. The van der Waals surface area contributed by atoms with E-state index in [1.807, 2.05) is 41.9 Å². The minimum Gasteiger partial charge on any atom is -0.494 e. The summed E-state index contributed by atoms with van der Waals surface area (Å²) in [5.74, 6) is 1.66. The first-order chi connectivity index (χ1) is 11.8. The number of fused-ring (bicyclic) bond motifs is 1. The molecule has 0 aliphatic carbocycles. The molecule has 0 saturated heterocycles. The van der Waals surface area contributed by atoms with Gasteiger partial charge in [-0.1, -0.05) is 6.07 Å². The molecule has 0 atom stereocenters. The summed E-state index contributed by atoms with van der Waals surface area (Å²) < 4.78 is 13.3. The quantitative estimate of drug-likeness (QED) is 0.816. The predicted octanol–water partition coefficient (Wildman–Crippen LogP) is 2.44. The van der Waals surface area contributed by atoms with Gasteiger partial charge < -0.3 is 9.47 Å². The smallest absolute Gasteiger partial charge is 0.162 e. The van der Waals surface area contributed by atoms with Gasteiger partial charge in [-0.05, 0) is 31.5 Å². The number of benzene rings is 1. The number of ether oxygens (including phenoxy) is 2. The molecule has 0 fully saturated rings. The first kappa shape index (κ1) is 16.3. The minimum absolute atomic E-state index is 0.496. The van der Waals surface area contributed by atoms with Crippen molar-refractivity contribution in [2.75, 3.05) is 26.3 Å². The van der Waals surface area contributed by atoms with Crippen LogP contribution in [0.2, 0.25) is 0 Å². The minimum atomic E-state index is 0.496. The Kier molecular flexibility index (Phi) is 5.34. The highest BCUT2D eigenvalue weighted by Gasteiger charge is 2.16. The van der Waals surface area contributed by atoms with Crippen LogP contribution in [0.5, 0.6) is 11.5 Å². The molecule has 0 spiro atoms. The van der Waals surface area contributed by atoms with Crippen LogP contribution in [0.3, 0.4) is 0 Å². The monoisotopic (exact) mass is 326 g/mol. The van der Waals surface area contributed by atoms with Crippen LogP contribution in [0, 0.1) is 11.3 Å². The van der Waals surface area contributed by atoms with Gasteiger partial charge in [0.15, 0.2) is 5.69 Å². The first-order valence-electron chi connectivity index (χ1n) is 8.33. The lowest BCUT2D eigenvalue weighted by Gasteiger charge is -2.19. The second-order valence-corrected chi connectivity index (χ2v) is 5.74. The molecule has 0 bridgehead atoms. The van der Waals surface area contributed by atoms with Gasteiger partial charge in [0.2, 0.25) is 0 Å². The van der Waals surface area contributed by atoms with Crippen LogP contribution in [0.15, 0.2) is 30.3 Å². The molecule has 1 aromatic heterocycles. The molecule has 1 aromatic carbocycles. The molecule has 3 rings (SSSR count). The Balaban J connectivity index is 1.53. The average Bonchev–Trinajstić information content (AvgIpc) is 2.88. The molecule has 6 heteroatoms. The van der Waals surface area contributed by atoms with Crippen molar-refractivity contribution in [1.82, 2.24) is 14.7 Å². The molecular formula is C18H22N4O2. The lowest BCUT2D eigenvalue weighted by molar-refractivity contribution is 0.204. The van der Waals surface area contributed by atoms with E-state index in [0.717, 1.165) is 49.8 Å². The fourth-order valence-corrected chi connectivity index (χ4v) is 2.89. The summed E-state index contributed by atoms with van der Waals surface area (Å²) in [6.45, 7) is 6.75. The molecule has 24 heavy (non-hydrogen) atoms. The van der Waals surface area contributed by atoms with Crippen LogP contribution in [0.4, 0.5) is 0 Å². The summed E-state index contributed by atoms with van der Waals surface area (Å²) in [6.07, 6.45) is 1.03. The second kappa shape index (κ2) is 7.84. The lowest BCUT2D eigenvalue weighted by Crippen LogP contribution is -2.28. The van der Waals surface area contributed by atoms with E-state index in [1.165, 1.54) is 0 Å². The zero-order valence-corrected chi connectivity index (χ0v) is 13.9. The number of hydrogen-bond donors (Lipinski definition) is 0. The Hall–Kier alpha value is -2.52. The average molecular weight is 326 g/mol. The molecule has 0 radical (unpaired) electrons. The number of rotatable bonds is 6. The van der Waals surface area contributed by atoms with Gasteiger partial charge >= 0.3 is 0 Å². The predicted molar refractivity (Wildman–Crippen MR) is 89.9 cm³/mol. The topological polar surface area (TPSA) is 63.3 Å². The summed E-state index contributed by atoms with van der Waals surface area (Å²) >= 11 is 0. The maximum Gasteiger partial charge on any atom is 0.162 e. The number of nitriles is 1. The maximum absolute atomic E-state index is 8.98. The van der Waals surface area contributed by atoms with Crippen LogP contribution < -0.4 is 9.47 Å². The van der Waals surface area contributed by atoms with Crippen LogP contribution in [-0.2, 0) is 13.1 Å². The van der Waals surface area contributed by atoms with Crippen molar-refractivity contribution in [2.45, 2.75) is 26.4 Å². The molecule has 0 saturated carbocycles. The van der Waals surface area contributed by atoms with Gasteiger partial charge in [-0.3, -0.25) is 9.58 Å². The zero-order chi connectivity index (χ0) is 16.8. The van der Waals surface area contributed by atoms with Gasteiger partial charge in [0.1, 0.15) is 24.2 Å². The lowest BCUT2D eigenvalue weighted by atomic mass is 10.3. The van der Waals surface area contributed by atoms with Gasteiger partial charge in [0.05, 0.1) is 12.3 Å². The summed E-state index contributed by atoms with van der Waals surface area (Å²) in [5.41, 5.74) is 1.60. The largest absolute Gasteiger partial charge is 0.494 e. The summed E-state index contributed by atoms with van der Waals surface area (Å²) in [5, 5.41) is 13.3. The number of aromatic nitrogens is 2. The molecule has 0 unspecified atom stereocenters. The van der Waals surface area contributed by atoms with E-state index in [2.05, 4.69) is 16.1 Å². The van der Waals surface area contributed by atoms with Gasteiger partial charge in [-0.2, -0.15) is 10.4 Å². The standard InChI is InChI=1S/C18H22N4O2/c1-2-23-17-5-3-6-18(12-17)24-10-9-21-7-4-8-22-16(14-21)11-15(13-19)20-22/h3,5-6,11-12H,2,4,7-10,14H2,1H3. The molecule has 0 N–H and O–H groups in total. The maximum atomic E-state index is 8.98. The molecule has 126 valence electrons. The Morgan fingerprint density at radius 3 is 2.83 bits per heavy atom. The first-order valence-corrected chi connectivity index (χ1v) is 8.33. The molecule has 6 nitrogen and oxygen atoms in total. The van der Waals surface area contributed by atoms with Gasteiger partial charge in [-0.15, -0.1) is 0 Å². The highest BCUT2D eigenvalue weighted by molar-refractivity contribution is 5.32. The molecule has 2 heterocycles. The van der Waals surface area contributed by atoms with Crippen LogP contribution in [-0.4, -0.2) is 41.0 Å². The summed E-state index contributed by atoms with van der Waals surface area (Å²) in [7, 11) is 0. The SMILES string of the molecule is CCOc1cccc(OCCN2CCCn3nc(C#N)cc3C2)c1. The van der Waals surface area contributed by atoms with Crippen molar-refractivity contribution in [2.24, 2.45) is 0 Å². The van der Waals surface area contributed by atoms with Crippen molar-refractivity contribution < 1.29 is 9.47 Å². The second-order valence-electron chi connectivity index (χ2n) is 5.74. The molecule has 1 aliphatic heterocycles. The highest BCUT2D eigenvalue weighted by atomic mass is 16.5. The number of hydrogen-bond acceptors (Lipinski definition) is 5. The molecule has 0 amide bonds. The van der Waals surface area contributed by atoms with E-state index in [-0.39, 0.29) is 0 Å². The third-order valence-electron chi connectivity index (χ3n) is 4.00. The van der Waals surface area contributed by atoms with Gasteiger partial charge in [-0.25, -0.2) is 0 Å². The van der Waals surface area contributed by atoms with E-state index in [0.29, 0.717) is 18.9 Å². The third kappa shape index (κ3) is 4.06. The number of aryl methyl sites for hydroxylation is 1. The van der Waals surface area contributed by atoms with Crippen molar-refractivity contribution in [1.29, 1.82) is 5.26 Å². The van der Waals surface area contributed by atoms with E-state index >= 15 is 0 Å². The Morgan fingerprint density at radius 1 is 1.21 bits per heavy atom. The summed E-state index contributed by atoms with van der Waals surface area (Å²) in [4.78, 5) is 2.34. The van der Waals surface area contributed by atoms with Crippen LogP contribution >= 0.6 is 0 Å². The van der Waals surface area contributed by atoms with Crippen molar-refractivity contribution in [3.8, 4) is 17.6 Å². The van der Waals surface area contributed by atoms with Gasteiger partial charge in [0.25, 0.3) is 0 Å². The molecular weight excluding hydrogens is 304 g/mol. The Bertz CT molecular complexity index is 720.